The van der Waals surface area contributed by atoms with E-state index in [1.807, 2.05) is 6.92 Å². The lowest BCUT2D eigenvalue weighted by molar-refractivity contribution is -0.142. The number of carbonyl (C=O) groups is 3. The van der Waals surface area contributed by atoms with E-state index < -0.39 is 0 Å². The van der Waals surface area contributed by atoms with Crippen molar-refractivity contribution >= 4 is 34.2 Å². The Kier molecular flexibility index (Phi) is 3.75. The standard InChI is InChI=1S/C14H17N3O3S/c1-8-6-15-14(21-8)16-11(18)7-17-12(19)9-4-2-3-5-10(9)13(17)20/h6,9-10H,2-5,7H2,1H3,(H,15,16,18)/t9-,10-/m1/s1. The van der Waals surface area contributed by atoms with Crippen LogP contribution in [0.1, 0.15) is 30.6 Å². The molecule has 1 aliphatic heterocycles. The molecular weight excluding hydrogens is 290 g/mol. The molecule has 2 atom stereocenters. The maximum atomic E-state index is 12.3. The molecule has 7 heteroatoms. The van der Waals surface area contributed by atoms with Crippen molar-refractivity contribution in [2.75, 3.05) is 11.9 Å². The van der Waals surface area contributed by atoms with Crippen molar-refractivity contribution in [1.29, 1.82) is 0 Å². The number of hydrogen-bond acceptors (Lipinski definition) is 5. The van der Waals surface area contributed by atoms with E-state index in [1.165, 1.54) is 11.3 Å². The summed E-state index contributed by atoms with van der Waals surface area (Å²) in [5.74, 6) is -1.16. The first-order valence-corrected chi connectivity index (χ1v) is 7.95. The van der Waals surface area contributed by atoms with E-state index in [0.717, 1.165) is 35.5 Å². The molecule has 6 nitrogen and oxygen atoms in total. The Morgan fingerprint density at radius 3 is 2.48 bits per heavy atom. The molecule has 1 aromatic heterocycles. The van der Waals surface area contributed by atoms with Gasteiger partial charge in [-0.2, -0.15) is 0 Å². The highest BCUT2D eigenvalue weighted by Gasteiger charge is 2.48. The summed E-state index contributed by atoms with van der Waals surface area (Å²) < 4.78 is 0. The van der Waals surface area contributed by atoms with Gasteiger partial charge in [0.25, 0.3) is 0 Å². The number of aromatic nitrogens is 1. The van der Waals surface area contributed by atoms with Gasteiger partial charge in [-0.05, 0) is 19.8 Å². The summed E-state index contributed by atoms with van der Waals surface area (Å²) in [6.07, 6.45) is 5.16. The lowest BCUT2D eigenvalue weighted by Crippen LogP contribution is -2.38. The predicted molar refractivity (Wildman–Crippen MR) is 77.6 cm³/mol. The molecule has 0 bridgehead atoms. The summed E-state index contributed by atoms with van der Waals surface area (Å²) in [6.45, 7) is 1.69. The fraction of sp³-hybridized carbons (Fsp3) is 0.571. The zero-order chi connectivity index (χ0) is 15.0. The average molecular weight is 307 g/mol. The number of rotatable bonds is 3. The van der Waals surface area contributed by atoms with Crippen LogP contribution in [0.25, 0.3) is 0 Å². The molecule has 1 saturated heterocycles. The molecule has 1 N–H and O–H groups in total. The second-order valence-corrected chi connectivity index (χ2v) is 6.82. The monoisotopic (exact) mass is 307 g/mol. The number of carbonyl (C=O) groups excluding carboxylic acids is 3. The highest BCUT2D eigenvalue weighted by Crippen LogP contribution is 2.37. The van der Waals surface area contributed by atoms with Crippen molar-refractivity contribution in [2.24, 2.45) is 11.8 Å². The number of nitrogens with one attached hydrogen (secondary N) is 1. The van der Waals surface area contributed by atoms with Crippen LogP contribution < -0.4 is 5.32 Å². The van der Waals surface area contributed by atoms with Crippen LogP contribution in [0.3, 0.4) is 0 Å². The van der Waals surface area contributed by atoms with E-state index in [-0.39, 0.29) is 36.1 Å². The van der Waals surface area contributed by atoms with Gasteiger partial charge in [-0.25, -0.2) is 4.98 Å². The van der Waals surface area contributed by atoms with Gasteiger partial charge in [-0.3, -0.25) is 19.3 Å². The van der Waals surface area contributed by atoms with E-state index in [0.29, 0.717) is 5.13 Å². The molecule has 3 rings (SSSR count). The second-order valence-electron chi connectivity index (χ2n) is 5.58. The van der Waals surface area contributed by atoms with Gasteiger partial charge in [-0.1, -0.05) is 12.8 Å². The first-order chi connectivity index (χ1) is 10.1. The van der Waals surface area contributed by atoms with Gasteiger partial charge < -0.3 is 5.32 Å². The first-order valence-electron chi connectivity index (χ1n) is 7.14. The Labute approximate surface area is 126 Å². The van der Waals surface area contributed by atoms with Gasteiger partial charge in [0, 0.05) is 11.1 Å². The molecule has 0 unspecified atom stereocenters. The number of fused-ring (bicyclic) bond motifs is 1. The number of imide groups is 1. The van der Waals surface area contributed by atoms with Gasteiger partial charge in [-0.15, -0.1) is 11.3 Å². The molecule has 21 heavy (non-hydrogen) atoms. The maximum Gasteiger partial charge on any atom is 0.246 e. The minimum atomic E-state index is -0.371. The van der Waals surface area contributed by atoms with Gasteiger partial charge in [0.2, 0.25) is 17.7 Å². The van der Waals surface area contributed by atoms with Crippen molar-refractivity contribution in [3.05, 3.63) is 11.1 Å². The number of thiazole rings is 1. The summed E-state index contributed by atoms with van der Waals surface area (Å²) in [6, 6.07) is 0. The van der Waals surface area contributed by atoms with Gasteiger partial charge >= 0.3 is 0 Å². The lowest BCUT2D eigenvalue weighted by Gasteiger charge is -2.19. The van der Waals surface area contributed by atoms with Crippen LogP contribution in [-0.2, 0) is 14.4 Å². The molecule has 1 aromatic rings. The summed E-state index contributed by atoms with van der Waals surface area (Å²) in [5.41, 5.74) is 0. The highest BCUT2D eigenvalue weighted by molar-refractivity contribution is 7.15. The molecule has 0 spiro atoms. The summed E-state index contributed by atoms with van der Waals surface area (Å²) in [5, 5.41) is 3.13. The van der Waals surface area contributed by atoms with Gasteiger partial charge in [0.15, 0.2) is 5.13 Å². The van der Waals surface area contributed by atoms with Crippen molar-refractivity contribution in [2.45, 2.75) is 32.6 Å². The smallest absolute Gasteiger partial charge is 0.246 e. The number of hydrogen-bond donors (Lipinski definition) is 1. The predicted octanol–water partition coefficient (Wildman–Crippen LogP) is 1.57. The number of likely N-dealkylation sites (tertiary alicyclic amines) is 1. The molecule has 2 aliphatic rings. The van der Waals surface area contributed by atoms with Crippen molar-refractivity contribution < 1.29 is 14.4 Å². The Bertz CT molecular complexity index is 574. The number of aryl methyl sites for hydroxylation is 1. The summed E-state index contributed by atoms with van der Waals surface area (Å²) in [4.78, 5) is 42.6. The molecule has 0 aromatic carbocycles. The summed E-state index contributed by atoms with van der Waals surface area (Å²) in [7, 11) is 0. The van der Waals surface area contributed by atoms with Gasteiger partial charge in [0.1, 0.15) is 6.54 Å². The second kappa shape index (κ2) is 5.55. The molecular formula is C14H17N3O3S. The molecule has 1 aliphatic carbocycles. The Balaban J connectivity index is 1.65. The third-order valence-corrected chi connectivity index (χ3v) is 4.93. The fourth-order valence-electron chi connectivity index (χ4n) is 3.10. The third-order valence-electron chi connectivity index (χ3n) is 4.10. The van der Waals surface area contributed by atoms with E-state index in [1.54, 1.807) is 6.20 Å². The van der Waals surface area contributed by atoms with Gasteiger partial charge in [0.05, 0.1) is 11.8 Å². The van der Waals surface area contributed by atoms with Crippen LogP contribution in [0, 0.1) is 18.8 Å². The first kappa shape index (κ1) is 14.2. The van der Waals surface area contributed by atoms with E-state index >= 15 is 0 Å². The lowest BCUT2D eigenvalue weighted by atomic mass is 9.81. The van der Waals surface area contributed by atoms with Crippen LogP contribution in [0.4, 0.5) is 5.13 Å². The van der Waals surface area contributed by atoms with Crippen molar-refractivity contribution in [3.8, 4) is 0 Å². The molecule has 2 fully saturated rings. The molecule has 0 radical (unpaired) electrons. The maximum absolute atomic E-state index is 12.3. The largest absolute Gasteiger partial charge is 0.300 e. The van der Waals surface area contributed by atoms with E-state index in [2.05, 4.69) is 10.3 Å². The van der Waals surface area contributed by atoms with Crippen molar-refractivity contribution in [3.63, 3.8) is 0 Å². The average Bonchev–Trinajstić information content (AvgIpc) is 2.97. The van der Waals surface area contributed by atoms with Crippen LogP contribution in [0.2, 0.25) is 0 Å². The Morgan fingerprint density at radius 2 is 1.95 bits per heavy atom. The minimum absolute atomic E-state index is 0.185. The molecule has 112 valence electrons. The van der Waals surface area contributed by atoms with Crippen LogP contribution in [0.5, 0.6) is 0 Å². The quantitative estimate of drug-likeness (QED) is 0.860. The fourth-order valence-corrected chi connectivity index (χ4v) is 3.78. The normalized spacial score (nSPS) is 25.1. The molecule has 2 heterocycles. The van der Waals surface area contributed by atoms with E-state index in [9.17, 15) is 14.4 Å². The SMILES string of the molecule is Cc1cnc(NC(=O)CN2C(=O)[C@@H]3CCCC[C@H]3C2=O)s1. The Morgan fingerprint density at radius 1 is 1.33 bits per heavy atom. The highest BCUT2D eigenvalue weighted by atomic mass is 32.1. The zero-order valence-corrected chi connectivity index (χ0v) is 12.6. The number of amides is 3. The van der Waals surface area contributed by atoms with E-state index in [4.69, 9.17) is 0 Å². The van der Waals surface area contributed by atoms with Crippen molar-refractivity contribution in [1.82, 2.24) is 9.88 Å². The Hall–Kier alpha value is -1.76. The molecule has 1 saturated carbocycles. The number of anilines is 1. The van der Waals surface area contributed by atoms with Crippen LogP contribution >= 0.6 is 11.3 Å². The zero-order valence-electron chi connectivity index (χ0n) is 11.8. The topological polar surface area (TPSA) is 79.4 Å². The minimum Gasteiger partial charge on any atom is -0.300 e. The number of nitrogens with zero attached hydrogens (tertiary/aromatic N) is 2. The van der Waals surface area contributed by atoms with Crippen LogP contribution in [-0.4, -0.2) is 34.2 Å². The molecule has 3 amide bonds. The summed E-state index contributed by atoms with van der Waals surface area (Å²) >= 11 is 1.36. The third kappa shape index (κ3) is 2.70. The van der Waals surface area contributed by atoms with Crippen LogP contribution in [0.15, 0.2) is 6.20 Å².